The Morgan fingerprint density at radius 3 is 2.00 bits per heavy atom. The number of benzene rings is 2. The highest BCUT2D eigenvalue weighted by Gasteiger charge is 2.18. The molecule has 0 saturated carbocycles. The van der Waals surface area contributed by atoms with Gasteiger partial charge in [0.2, 0.25) is 11.9 Å². The van der Waals surface area contributed by atoms with Gasteiger partial charge in [0.1, 0.15) is 11.2 Å². The molecule has 0 aliphatic carbocycles. The van der Waals surface area contributed by atoms with Crippen LogP contribution < -0.4 is 11.5 Å². The first-order valence-corrected chi connectivity index (χ1v) is 7.98. The SMILES string of the molecule is Cc1ccc(-c2nc(N)nc3c2nc(N)n3-c2ccc(C)cc2)cc1. The first-order chi connectivity index (χ1) is 12.0. The van der Waals surface area contributed by atoms with E-state index in [1.165, 1.54) is 11.1 Å². The van der Waals surface area contributed by atoms with Gasteiger partial charge in [-0.1, -0.05) is 47.5 Å². The van der Waals surface area contributed by atoms with Crippen LogP contribution in [0.15, 0.2) is 48.5 Å². The van der Waals surface area contributed by atoms with Gasteiger partial charge in [0, 0.05) is 5.56 Å². The van der Waals surface area contributed by atoms with Crippen LogP contribution in [0.1, 0.15) is 11.1 Å². The quantitative estimate of drug-likeness (QED) is 0.588. The second-order valence-corrected chi connectivity index (χ2v) is 6.11. The van der Waals surface area contributed by atoms with Crippen LogP contribution in [-0.4, -0.2) is 19.5 Å². The van der Waals surface area contributed by atoms with E-state index in [2.05, 4.69) is 15.0 Å². The maximum Gasteiger partial charge on any atom is 0.222 e. The number of aromatic nitrogens is 4. The number of imidazole rings is 1. The molecule has 0 spiro atoms. The minimum Gasteiger partial charge on any atom is -0.369 e. The summed E-state index contributed by atoms with van der Waals surface area (Å²) in [5.74, 6) is 0.545. The van der Waals surface area contributed by atoms with Crippen molar-refractivity contribution in [2.24, 2.45) is 0 Å². The van der Waals surface area contributed by atoms with Crippen LogP contribution in [-0.2, 0) is 0 Å². The standard InChI is InChI=1S/C19H18N6/c1-11-3-7-13(8-4-11)15-16-17(24-18(20)22-15)25(19(21)23-16)14-9-5-12(2)6-10-14/h3-10H,1-2H3,(H2,21,23)(H2,20,22,24). The molecule has 0 bridgehead atoms. The molecule has 6 heteroatoms. The van der Waals surface area contributed by atoms with Crippen molar-refractivity contribution >= 4 is 23.1 Å². The van der Waals surface area contributed by atoms with Gasteiger partial charge in [-0.3, -0.25) is 4.57 Å². The van der Waals surface area contributed by atoms with E-state index in [9.17, 15) is 0 Å². The van der Waals surface area contributed by atoms with Gasteiger partial charge in [-0.15, -0.1) is 0 Å². The van der Waals surface area contributed by atoms with Crippen molar-refractivity contribution in [3.05, 3.63) is 59.7 Å². The monoisotopic (exact) mass is 330 g/mol. The van der Waals surface area contributed by atoms with Crippen molar-refractivity contribution in [3.63, 3.8) is 0 Å². The van der Waals surface area contributed by atoms with Crippen molar-refractivity contribution in [3.8, 4) is 16.9 Å². The number of aryl methyl sites for hydroxylation is 2. The molecule has 2 aromatic carbocycles. The molecule has 2 aromatic heterocycles. The van der Waals surface area contributed by atoms with Gasteiger partial charge in [0.05, 0.1) is 5.69 Å². The highest BCUT2D eigenvalue weighted by molar-refractivity contribution is 5.91. The minimum atomic E-state index is 0.191. The predicted molar refractivity (Wildman–Crippen MR) is 100 cm³/mol. The van der Waals surface area contributed by atoms with Gasteiger partial charge in [-0.05, 0) is 26.0 Å². The van der Waals surface area contributed by atoms with Gasteiger partial charge in [0.15, 0.2) is 5.65 Å². The number of fused-ring (bicyclic) bond motifs is 1. The molecule has 4 aromatic rings. The Morgan fingerprint density at radius 1 is 0.760 bits per heavy atom. The Balaban J connectivity index is 2.00. The number of nitrogens with two attached hydrogens (primary N) is 2. The van der Waals surface area contributed by atoms with E-state index in [0.717, 1.165) is 11.3 Å². The van der Waals surface area contributed by atoms with Crippen LogP contribution in [0.4, 0.5) is 11.9 Å². The zero-order valence-electron chi connectivity index (χ0n) is 14.1. The second-order valence-electron chi connectivity index (χ2n) is 6.11. The maximum absolute atomic E-state index is 6.19. The van der Waals surface area contributed by atoms with E-state index in [-0.39, 0.29) is 5.95 Å². The zero-order chi connectivity index (χ0) is 17.6. The molecule has 6 nitrogen and oxygen atoms in total. The number of hydrogen-bond acceptors (Lipinski definition) is 5. The molecule has 0 aliphatic rings. The molecule has 0 fully saturated rings. The largest absolute Gasteiger partial charge is 0.369 e. The van der Waals surface area contributed by atoms with E-state index in [4.69, 9.17) is 11.5 Å². The predicted octanol–water partition coefficient (Wildman–Crippen LogP) is 3.26. The fraction of sp³-hybridized carbons (Fsp3) is 0.105. The third-order valence-corrected chi connectivity index (χ3v) is 4.17. The molecule has 0 saturated heterocycles. The third-order valence-electron chi connectivity index (χ3n) is 4.17. The third kappa shape index (κ3) is 2.57. The lowest BCUT2D eigenvalue weighted by molar-refractivity contribution is 1.08. The number of nitrogens with zero attached hydrogens (tertiary/aromatic N) is 4. The van der Waals surface area contributed by atoms with Crippen molar-refractivity contribution < 1.29 is 0 Å². The Kier molecular flexibility index (Phi) is 3.39. The highest BCUT2D eigenvalue weighted by atomic mass is 15.2. The van der Waals surface area contributed by atoms with Gasteiger partial charge >= 0.3 is 0 Å². The molecule has 0 radical (unpaired) electrons. The lowest BCUT2D eigenvalue weighted by Crippen LogP contribution is -2.03. The molecule has 124 valence electrons. The molecular weight excluding hydrogens is 312 g/mol. The molecule has 4 rings (SSSR count). The zero-order valence-corrected chi connectivity index (χ0v) is 14.1. The molecule has 25 heavy (non-hydrogen) atoms. The van der Waals surface area contributed by atoms with Crippen LogP contribution in [0.5, 0.6) is 0 Å². The normalized spacial score (nSPS) is 11.1. The lowest BCUT2D eigenvalue weighted by atomic mass is 10.1. The summed E-state index contributed by atoms with van der Waals surface area (Å²) in [5, 5.41) is 0. The summed E-state index contributed by atoms with van der Waals surface area (Å²) in [7, 11) is 0. The molecule has 4 N–H and O–H groups in total. The summed E-state index contributed by atoms with van der Waals surface area (Å²) >= 11 is 0. The van der Waals surface area contributed by atoms with Crippen LogP contribution in [0.25, 0.3) is 28.1 Å². The van der Waals surface area contributed by atoms with Crippen molar-refractivity contribution in [1.29, 1.82) is 0 Å². The first kappa shape index (κ1) is 15.1. The molecule has 0 aliphatic heterocycles. The van der Waals surface area contributed by atoms with E-state index >= 15 is 0 Å². The summed E-state index contributed by atoms with van der Waals surface area (Å²) < 4.78 is 1.80. The average Bonchev–Trinajstić information content (AvgIpc) is 2.92. The Morgan fingerprint density at radius 2 is 1.36 bits per heavy atom. The Hall–Kier alpha value is -3.41. The van der Waals surface area contributed by atoms with Crippen molar-refractivity contribution in [1.82, 2.24) is 19.5 Å². The summed E-state index contributed by atoms with van der Waals surface area (Å²) in [6, 6.07) is 16.1. The number of nitrogen functional groups attached to an aromatic ring is 2. The average molecular weight is 330 g/mol. The number of rotatable bonds is 2. The van der Waals surface area contributed by atoms with Crippen LogP contribution >= 0.6 is 0 Å². The minimum absolute atomic E-state index is 0.191. The molecular formula is C19H18N6. The fourth-order valence-electron chi connectivity index (χ4n) is 2.85. The van der Waals surface area contributed by atoms with Crippen LogP contribution in [0.2, 0.25) is 0 Å². The highest BCUT2D eigenvalue weighted by Crippen LogP contribution is 2.30. The Bertz CT molecular complexity index is 1060. The second kappa shape index (κ2) is 5.59. The fourth-order valence-corrected chi connectivity index (χ4v) is 2.85. The summed E-state index contributed by atoms with van der Waals surface area (Å²) in [6.45, 7) is 4.08. The number of hydrogen-bond donors (Lipinski definition) is 2. The number of anilines is 2. The van der Waals surface area contributed by atoms with E-state index in [1.54, 1.807) is 4.57 Å². The van der Waals surface area contributed by atoms with E-state index in [0.29, 0.717) is 22.8 Å². The van der Waals surface area contributed by atoms with Gasteiger partial charge in [-0.25, -0.2) is 9.97 Å². The molecule has 0 atom stereocenters. The van der Waals surface area contributed by atoms with Crippen LogP contribution in [0, 0.1) is 13.8 Å². The molecule has 0 amide bonds. The first-order valence-electron chi connectivity index (χ1n) is 7.98. The smallest absolute Gasteiger partial charge is 0.222 e. The van der Waals surface area contributed by atoms with E-state index in [1.807, 2.05) is 62.4 Å². The summed E-state index contributed by atoms with van der Waals surface area (Å²) in [5.41, 5.74) is 18.2. The maximum atomic E-state index is 6.19. The molecule has 2 heterocycles. The van der Waals surface area contributed by atoms with Crippen LogP contribution in [0.3, 0.4) is 0 Å². The van der Waals surface area contributed by atoms with Gasteiger partial charge in [0.25, 0.3) is 0 Å². The molecule has 0 unspecified atom stereocenters. The summed E-state index contributed by atoms with van der Waals surface area (Å²) in [6.07, 6.45) is 0. The van der Waals surface area contributed by atoms with Gasteiger partial charge < -0.3 is 11.5 Å². The lowest BCUT2D eigenvalue weighted by Gasteiger charge is -2.07. The Labute approximate surface area is 145 Å². The van der Waals surface area contributed by atoms with Gasteiger partial charge in [-0.2, -0.15) is 4.98 Å². The van der Waals surface area contributed by atoms with Crippen molar-refractivity contribution in [2.75, 3.05) is 11.5 Å². The topological polar surface area (TPSA) is 95.6 Å². The van der Waals surface area contributed by atoms with E-state index < -0.39 is 0 Å². The van der Waals surface area contributed by atoms with Crippen molar-refractivity contribution in [2.45, 2.75) is 13.8 Å². The summed E-state index contributed by atoms with van der Waals surface area (Å²) in [4.78, 5) is 13.3.